The second kappa shape index (κ2) is 10.0. The highest BCUT2D eigenvalue weighted by atomic mass is 127. The summed E-state index contributed by atoms with van der Waals surface area (Å²) in [6, 6.07) is 2.03. The molecule has 5 nitrogen and oxygen atoms in total. The molecule has 0 saturated carbocycles. The quantitative estimate of drug-likeness (QED) is 0.457. The molecule has 6 heteroatoms. The van der Waals surface area contributed by atoms with Gasteiger partial charge >= 0.3 is 0 Å². The van der Waals surface area contributed by atoms with Crippen LogP contribution < -0.4 is 5.32 Å². The average Bonchev–Trinajstić information content (AvgIpc) is 2.84. The zero-order valence-corrected chi connectivity index (χ0v) is 15.5. The lowest BCUT2D eigenvalue weighted by Crippen LogP contribution is -2.36. The molecular formula is C14H27IN4O. The molecule has 0 aliphatic carbocycles. The SMILES string of the molecule is CCNC(=NCc1cc(C(CC)CC)no1)N(C)C.I. The molecule has 0 amide bonds. The molecular weight excluding hydrogens is 367 g/mol. The van der Waals surface area contributed by atoms with Gasteiger partial charge in [-0.25, -0.2) is 4.99 Å². The fourth-order valence-corrected chi connectivity index (χ4v) is 1.97. The van der Waals surface area contributed by atoms with Gasteiger partial charge in [-0.1, -0.05) is 19.0 Å². The van der Waals surface area contributed by atoms with Crippen molar-refractivity contribution in [1.82, 2.24) is 15.4 Å². The highest BCUT2D eigenvalue weighted by Gasteiger charge is 2.12. The van der Waals surface area contributed by atoms with Crippen molar-refractivity contribution in [1.29, 1.82) is 0 Å². The molecule has 116 valence electrons. The Labute approximate surface area is 139 Å². The minimum atomic E-state index is 0. The minimum Gasteiger partial charge on any atom is -0.359 e. The summed E-state index contributed by atoms with van der Waals surface area (Å²) in [4.78, 5) is 6.47. The molecule has 1 rings (SSSR count). The Balaban J connectivity index is 0.00000361. The van der Waals surface area contributed by atoms with E-state index in [1.165, 1.54) is 0 Å². The summed E-state index contributed by atoms with van der Waals surface area (Å²) < 4.78 is 5.35. The van der Waals surface area contributed by atoms with Crippen LogP contribution in [0.1, 0.15) is 51.0 Å². The van der Waals surface area contributed by atoms with E-state index in [9.17, 15) is 0 Å². The van der Waals surface area contributed by atoms with Crippen molar-refractivity contribution >= 4 is 29.9 Å². The standard InChI is InChI=1S/C14H26N4O.HI/c1-6-11(7-2)13-9-12(19-17-13)10-16-14(15-8-3)18(4)5;/h9,11H,6-8,10H2,1-5H3,(H,15,16);1H. The van der Waals surface area contributed by atoms with Gasteiger partial charge in [-0.2, -0.15) is 0 Å². The van der Waals surface area contributed by atoms with E-state index < -0.39 is 0 Å². The molecule has 0 aliphatic heterocycles. The van der Waals surface area contributed by atoms with E-state index in [4.69, 9.17) is 4.52 Å². The summed E-state index contributed by atoms with van der Waals surface area (Å²) in [5.41, 5.74) is 1.05. The second-order valence-electron chi connectivity index (χ2n) is 4.80. The van der Waals surface area contributed by atoms with Crippen molar-refractivity contribution < 1.29 is 4.52 Å². The molecule has 1 aromatic rings. The van der Waals surface area contributed by atoms with Gasteiger partial charge in [-0.15, -0.1) is 24.0 Å². The Bertz CT molecular complexity index is 400. The first-order valence-corrected chi connectivity index (χ1v) is 7.03. The van der Waals surface area contributed by atoms with E-state index in [0.717, 1.165) is 36.8 Å². The lowest BCUT2D eigenvalue weighted by molar-refractivity contribution is 0.371. The summed E-state index contributed by atoms with van der Waals surface area (Å²) in [6.07, 6.45) is 2.18. The number of hydrogen-bond acceptors (Lipinski definition) is 3. The highest BCUT2D eigenvalue weighted by molar-refractivity contribution is 14.0. The number of aliphatic imine (C=N–C) groups is 1. The average molecular weight is 394 g/mol. The van der Waals surface area contributed by atoms with Crippen LogP contribution in [-0.4, -0.2) is 36.7 Å². The molecule has 1 heterocycles. The van der Waals surface area contributed by atoms with Gasteiger partial charge < -0.3 is 14.7 Å². The first-order valence-electron chi connectivity index (χ1n) is 7.03. The fraction of sp³-hybridized carbons (Fsp3) is 0.714. The number of rotatable bonds is 6. The Morgan fingerprint density at radius 2 is 2.00 bits per heavy atom. The third-order valence-corrected chi connectivity index (χ3v) is 3.12. The second-order valence-corrected chi connectivity index (χ2v) is 4.80. The van der Waals surface area contributed by atoms with Gasteiger partial charge in [-0.05, 0) is 19.8 Å². The van der Waals surface area contributed by atoms with Gasteiger partial charge in [0.2, 0.25) is 0 Å². The van der Waals surface area contributed by atoms with E-state index in [0.29, 0.717) is 12.5 Å². The lowest BCUT2D eigenvalue weighted by atomic mass is 9.99. The molecule has 1 aromatic heterocycles. The summed E-state index contributed by atoms with van der Waals surface area (Å²) in [5.74, 6) is 2.17. The monoisotopic (exact) mass is 394 g/mol. The predicted molar refractivity (Wildman–Crippen MR) is 93.7 cm³/mol. The summed E-state index contributed by atoms with van der Waals surface area (Å²) in [5, 5.41) is 7.37. The smallest absolute Gasteiger partial charge is 0.193 e. The van der Waals surface area contributed by atoms with Crippen LogP contribution >= 0.6 is 24.0 Å². The van der Waals surface area contributed by atoms with E-state index in [-0.39, 0.29) is 24.0 Å². The van der Waals surface area contributed by atoms with Crippen molar-refractivity contribution in [2.24, 2.45) is 4.99 Å². The molecule has 0 fully saturated rings. The largest absolute Gasteiger partial charge is 0.359 e. The highest BCUT2D eigenvalue weighted by Crippen LogP contribution is 2.22. The van der Waals surface area contributed by atoms with Crippen LogP contribution in [0.5, 0.6) is 0 Å². The molecule has 1 N–H and O–H groups in total. The molecule has 0 spiro atoms. The molecule has 0 radical (unpaired) electrons. The van der Waals surface area contributed by atoms with Gasteiger partial charge in [0.25, 0.3) is 0 Å². The molecule has 0 atom stereocenters. The van der Waals surface area contributed by atoms with Crippen LogP contribution in [0.15, 0.2) is 15.6 Å². The normalized spacial score (nSPS) is 11.4. The third-order valence-electron chi connectivity index (χ3n) is 3.12. The first-order chi connectivity index (χ1) is 9.12. The predicted octanol–water partition coefficient (Wildman–Crippen LogP) is 3.22. The molecule has 0 bridgehead atoms. The number of aromatic nitrogens is 1. The van der Waals surface area contributed by atoms with Crippen LogP contribution in [0.2, 0.25) is 0 Å². The van der Waals surface area contributed by atoms with Crippen LogP contribution in [0, 0.1) is 0 Å². The van der Waals surface area contributed by atoms with Gasteiger partial charge in [0.15, 0.2) is 11.7 Å². The summed E-state index contributed by atoms with van der Waals surface area (Å²) >= 11 is 0. The number of hydrogen-bond donors (Lipinski definition) is 1. The van der Waals surface area contributed by atoms with Gasteiger partial charge in [-0.3, -0.25) is 0 Å². The third kappa shape index (κ3) is 5.68. The molecule has 0 saturated heterocycles. The Hall–Kier alpha value is -0.790. The van der Waals surface area contributed by atoms with Crippen LogP contribution in [0.4, 0.5) is 0 Å². The molecule has 20 heavy (non-hydrogen) atoms. The minimum absolute atomic E-state index is 0. The fourth-order valence-electron chi connectivity index (χ4n) is 1.97. The Morgan fingerprint density at radius 1 is 1.35 bits per heavy atom. The van der Waals surface area contributed by atoms with Gasteiger partial charge in [0, 0.05) is 32.6 Å². The summed E-state index contributed by atoms with van der Waals surface area (Å²) in [6.45, 7) is 7.78. The number of guanidine groups is 1. The van der Waals surface area contributed by atoms with Crippen molar-refractivity contribution in [3.63, 3.8) is 0 Å². The van der Waals surface area contributed by atoms with Crippen LogP contribution in [-0.2, 0) is 6.54 Å². The zero-order chi connectivity index (χ0) is 14.3. The first kappa shape index (κ1) is 19.2. The van der Waals surface area contributed by atoms with Crippen LogP contribution in [0.25, 0.3) is 0 Å². The van der Waals surface area contributed by atoms with E-state index in [2.05, 4.69) is 36.2 Å². The van der Waals surface area contributed by atoms with Crippen LogP contribution in [0.3, 0.4) is 0 Å². The maximum Gasteiger partial charge on any atom is 0.193 e. The Kier molecular flexibility index (Phi) is 9.62. The lowest BCUT2D eigenvalue weighted by Gasteiger charge is -2.15. The van der Waals surface area contributed by atoms with Crippen molar-refractivity contribution in [2.45, 2.75) is 46.1 Å². The zero-order valence-electron chi connectivity index (χ0n) is 13.1. The maximum atomic E-state index is 5.35. The number of halogens is 1. The van der Waals surface area contributed by atoms with Crippen molar-refractivity contribution in [3.8, 4) is 0 Å². The number of nitrogens with zero attached hydrogens (tertiary/aromatic N) is 3. The molecule has 0 unspecified atom stereocenters. The van der Waals surface area contributed by atoms with Crippen molar-refractivity contribution in [3.05, 3.63) is 17.5 Å². The topological polar surface area (TPSA) is 53.7 Å². The van der Waals surface area contributed by atoms with Gasteiger partial charge in [0.05, 0.1) is 5.69 Å². The van der Waals surface area contributed by atoms with E-state index >= 15 is 0 Å². The van der Waals surface area contributed by atoms with E-state index in [1.54, 1.807) is 0 Å². The number of nitrogens with one attached hydrogen (secondary N) is 1. The molecule has 0 aromatic carbocycles. The summed E-state index contributed by atoms with van der Waals surface area (Å²) in [7, 11) is 3.94. The van der Waals surface area contributed by atoms with Gasteiger partial charge in [0.1, 0.15) is 6.54 Å². The Morgan fingerprint density at radius 3 is 2.50 bits per heavy atom. The molecule has 0 aliphatic rings. The van der Waals surface area contributed by atoms with E-state index in [1.807, 2.05) is 25.1 Å². The maximum absolute atomic E-state index is 5.35. The van der Waals surface area contributed by atoms with Crippen molar-refractivity contribution in [2.75, 3.05) is 20.6 Å².